The number of rotatable bonds is 4. The molecule has 2 N–H and O–H groups in total. The van der Waals surface area contributed by atoms with Crippen molar-refractivity contribution in [1.29, 1.82) is 0 Å². The molecule has 1 atom stereocenters. The summed E-state index contributed by atoms with van der Waals surface area (Å²) in [5.41, 5.74) is 6.96. The van der Waals surface area contributed by atoms with Crippen LogP contribution in [0.2, 0.25) is 10.0 Å². The summed E-state index contributed by atoms with van der Waals surface area (Å²) in [5, 5.41) is 0.986. The number of halogens is 2. The summed E-state index contributed by atoms with van der Waals surface area (Å²) in [4.78, 5) is 0.514. The van der Waals surface area contributed by atoms with Crippen LogP contribution >= 0.6 is 23.2 Å². The summed E-state index contributed by atoms with van der Waals surface area (Å²) in [7, 11) is 0.193. The van der Waals surface area contributed by atoms with Crippen molar-refractivity contribution >= 4 is 39.7 Å². The number of benzene rings is 2. The molecule has 0 spiro atoms. The van der Waals surface area contributed by atoms with Gasteiger partial charge in [-0.2, -0.15) is 0 Å². The highest BCUT2D eigenvalue weighted by molar-refractivity contribution is 7.84. The van der Waals surface area contributed by atoms with Gasteiger partial charge in [-0.15, -0.1) is 0 Å². The molecule has 2 aromatic carbocycles. The molecule has 0 aliphatic rings. The highest BCUT2D eigenvalue weighted by Gasteiger charge is 2.14. The molecule has 2 aromatic rings. The van der Waals surface area contributed by atoms with Crippen molar-refractivity contribution in [3.8, 4) is 5.75 Å². The van der Waals surface area contributed by atoms with E-state index in [9.17, 15) is 4.21 Å². The lowest BCUT2D eigenvalue weighted by Gasteiger charge is -2.10. The number of nitrogen functional groups attached to an aromatic ring is 1. The Kier molecular flexibility index (Phi) is 4.91. The topological polar surface area (TPSA) is 52.3 Å². The summed E-state index contributed by atoms with van der Waals surface area (Å²) in [6.07, 6.45) is 0. The first-order valence-electron chi connectivity index (χ1n) is 5.77. The second kappa shape index (κ2) is 6.48. The van der Waals surface area contributed by atoms with Gasteiger partial charge in [-0.1, -0.05) is 29.3 Å². The van der Waals surface area contributed by atoms with Crippen LogP contribution in [0.4, 0.5) is 5.69 Å². The van der Waals surface area contributed by atoms with E-state index in [1.54, 1.807) is 43.5 Å². The zero-order chi connectivity index (χ0) is 14.7. The average molecular weight is 330 g/mol. The molecule has 0 bridgehead atoms. The van der Waals surface area contributed by atoms with E-state index in [4.69, 9.17) is 33.7 Å². The summed E-state index contributed by atoms with van der Waals surface area (Å²) >= 11 is 12.2. The van der Waals surface area contributed by atoms with Gasteiger partial charge < -0.3 is 10.5 Å². The molecule has 0 saturated heterocycles. The molecule has 2 rings (SSSR count). The van der Waals surface area contributed by atoms with Crippen molar-refractivity contribution < 1.29 is 8.95 Å². The first-order chi connectivity index (χ1) is 9.52. The van der Waals surface area contributed by atoms with Crippen molar-refractivity contribution in [2.75, 3.05) is 12.8 Å². The molecular formula is C14H13Cl2NO2S. The predicted molar refractivity (Wildman–Crippen MR) is 84.0 cm³/mol. The standard InChI is InChI=1S/C14H13Cl2NO2S/c1-19-9-5-6-13(17)14(7-9)20(18)8-10-11(15)3-2-4-12(10)16/h2-7H,8,17H2,1H3. The zero-order valence-corrected chi connectivity index (χ0v) is 13.1. The van der Waals surface area contributed by atoms with Crippen LogP contribution in [0.25, 0.3) is 0 Å². The number of nitrogens with two attached hydrogens (primary N) is 1. The Morgan fingerprint density at radius 1 is 1.20 bits per heavy atom. The van der Waals surface area contributed by atoms with Gasteiger partial charge in [0, 0.05) is 21.3 Å². The van der Waals surface area contributed by atoms with Crippen LogP contribution in [0.3, 0.4) is 0 Å². The van der Waals surface area contributed by atoms with Crippen LogP contribution in [0.5, 0.6) is 5.75 Å². The summed E-state index contributed by atoms with van der Waals surface area (Å²) < 4.78 is 17.6. The van der Waals surface area contributed by atoms with E-state index >= 15 is 0 Å². The highest BCUT2D eigenvalue weighted by Crippen LogP contribution is 2.29. The lowest BCUT2D eigenvalue weighted by Crippen LogP contribution is -2.02. The maximum atomic E-state index is 12.5. The van der Waals surface area contributed by atoms with Crippen LogP contribution in [-0.2, 0) is 16.6 Å². The van der Waals surface area contributed by atoms with Gasteiger partial charge in [0.1, 0.15) is 5.75 Å². The molecule has 0 aromatic heterocycles. The minimum absolute atomic E-state index is 0.204. The van der Waals surface area contributed by atoms with Crippen LogP contribution in [0, 0.1) is 0 Å². The van der Waals surface area contributed by atoms with Crippen LogP contribution < -0.4 is 10.5 Å². The Bertz CT molecular complexity index is 641. The zero-order valence-electron chi connectivity index (χ0n) is 10.7. The lowest BCUT2D eigenvalue weighted by molar-refractivity contribution is 0.413. The minimum Gasteiger partial charge on any atom is -0.497 e. The molecule has 20 heavy (non-hydrogen) atoms. The van der Waals surface area contributed by atoms with Crippen LogP contribution in [0.1, 0.15) is 5.56 Å². The van der Waals surface area contributed by atoms with Crippen molar-refractivity contribution in [3.05, 3.63) is 52.0 Å². The lowest BCUT2D eigenvalue weighted by atomic mass is 10.2. The van der Waals surface area contributed by atoms with Gasteiger partial charge in [-0.25, -0.2) is 0 Å². The highest BCUT2D eigenvalue weighted by atomic mass is 35.5. The third kappa shape index (κ3) is 3.26. The molecule has 0 saturated carbocycles. The van der Waals surface area contributed by atoms with E-state index in [2.05, 4.69) is 0 Å². The molecule has 1 unspecified atom stereocenters. The molecule has 3 nitrogen and oxygen atoms in total. The Balaban J connectivity index is 2.33. The molecule has 106 valence electrons. The Morgan fingerprint density at radius 3 is 2.45 bits per heavy atom. The van der Waals surface area contributed by atoms with E-state index < -0.39 is 10.8 Å². The van der Waals surface area contributed by atoms with Crippen molar-refractivity contribution in [3.63, 3.8) is 0 Å². The number of methoxy groups -OCH3 is 1. The second-order valence-electron chi connectivity index (χ2n) is 4.09. The van der Waals surface area contributed by atoms with Gasteiger partial charge >= 0.3 is 0 Å². The fraction of sp³-hybridized carbons (Fsp3) is 0.143. The first kappa shape index (κ1) is 15.2. The largest absolute Gasteiger partial charge is 0.497 e. The molecule has 0 amide bonds. The molecule has 0 radical (unpaired) electrons. The monoisotopic (exact) mass is 329 g/mol. The predicted octanol–water partition coefficient (Wildman–Crippen LogP) is 3.89. The number of ether oxygens (including phenoxy) is 1. The quantitative estimate of drug-likeness (QED) is 0.865. The fourth-order valence-electron chi connectivity index (χ4n) is 1.72. The van der Waals surface area contributed by atoms with Crippen LogP contribution in [-0.4, -0.2) is 11.3 Å². The molecule has 0 fully saturated rings. The normalized spacial score (nSPS) is 12.2. The van der Waals surface area contributed by atoms with Crippen molar-refractivity contribution in [2.45, 2.75) is 10.6 Å². The van der Waals surface area contributed by atoms with Gasteiger partial charge in [0.25, 0.3) is 0 Å². The third-order valence-electron chi connectivity index (χ3n) is 2.80. The summed E-state index contributed by atoms with van der Waals surface area (Å²) in [6, 6.07) is 10.2. The van der Waals surface area contributed by atoms with E-state index in [0.717, 1.165) is 0 Å². The number of hydrogen-bond donors (Lipinski definition) is 1. The van der Waals surface area contributed by atoms with Gasteiger partial charge in [0.05, 0.1) is 28.6 Å². The van der Waals surface area contributed by atoms with Gasteiger partial charge in [0.15, 0.2) is 0 Å². The van der Waals surface area contributed by atoms with Crippen LogP contribution in [0.15, 0.2) is 41.3 Å². The van der Waals surface area contributed by atoms with E-state index in [-0.39, 0.29) is 5.75 Å². The minimum atomic E-state index is -1.35. The summed E-state index contributed by atoms with van der Waals surface area (Å²) in [5.74, 6) is 0.809. The second-order valence-corrected chi connectivity index (χ2v) is 6.33. The molecule has 0 aliphatic carbocycles. The maximum absolute atomic E-state index is 12.5. The fourth-order valence-corrected chi connectivity index (χ4v) is 3.71. The van der Waals surface area contributed by atoms with Crippen molar-refractivity contribution in [1.82, 2.24) is 0 Å². The smallest absolute Gasteiger partial charge is 0.120 e. The molecular weight excluding hydrogens is 317 g/mol. The molecule has 6 heteroatoms. The van der Waals surface area contributed by atoms with Gasteiger partial charge in [-0.05, 0) is 30.3 Å². The number of hydrogen-bond acceptors (Lipinski definition) is 3. The SMILES string of the molecule is COc1ccc(N)c(S(=O)Cc2c(Cl)cccc2Cl)c1. The maximum Gasteiger partial charge on any atom is 0.120 e. The van der Waals surface area contributed by atoms with E-state index in [1.165, 1.54) is 0 Å². The number of anilines is 1. The third-order valence-corrected chi connectivity index (χ3v) is 4.91. The van der Waals surface area contributed by atoms with E-state index in [1.807, 2.05) is 0 Å². The first-order valence-corrected chi connectivity index (χ1v) is 7.85. The Labute approximate surface area is 130 Å². The summed E-state index contributed by atoms with van der Waals surface area (Å²) in [6.45, 7) is 0. The Hall–Kier alpha value is -1.23. The van der Waals surface area contributed by atoms with E-state index in [0.29, 0.717) is 31.9 Å². The van der Waals surface area contributed by atoms with Crippen molar-refractivity contribution in [2.24, 2.45) is 0 Å². The molecule has 0 heterocycles. The average Bonchev–Trinajstić information content (AvgIpc) is 2.43. The van der Waals surface area contributed by atoms with Gasteiger partial charge in [-0.3, -0.25) is 4.21 Å². The molecule has 0 aliphatic heterocycles. The van der Waals surface area contributed by atoms with Gasteiger partial charge in [0.2, 0.25) is 0 Å². The Morgan fingerprint density at radius 2 is 1.85 bits per heavy atom.